The Morgan fingerprint density at radius 3 is 2.50 bits per heavy atom. The molecule has 1 aromatic heterocycles. The van der Waals surface area contributed by atoms with Crippen molar-refractivity contribution in [2.24, 2.45) is 0 Å². The molecule has 1 amide bonds. The molecule has 0 spiro atoms. The highest BCUT2D eigenvalue weighted by Crippen LogP contribution is 2.22. The van der Waals surface area contributed by atoms with Crippen LogP contribution in [0.4, 0.5) is 13.2 Å². The molecule has 134 valence electrons. The van der Waals surface area contributed by atoms with Crippen molar-refractivity contribution in [3.63, 3.8) is 0 Å². The zero-order valence-corrected chi connectivity index (χ0v) is 13.8. The lowest BCUT2D eigenvalue weighted by molar-refractivity contribution is -0.139. The highest BCUT2D eigenvalue weighted by molar-refractivity contribution is 5.76. The number of carbonyl (C=O) groups excluding carboxylic acids is 1. The molecule has 0 aliphatic carbocycles. The van der Waals surface area contributed by atoms with Crippen molar-refractivity contribution >= 4 is 5.91 Å². The van der Waals surface area contributed by atoms with Gasteiger partial charge in [0.2, 0.25) is 5.91 Å². The van der Waals surface area contributed by atoms with Crippen LogP contribution in [0.25, 0.3) is 0 Å². The van der Waals surface area contributed by atoms with Gasteiger partial charge in [0.05, 0.1) is 6.42 Å². The maximum Gasteiger partial charge on any atom is 0.390 e. The van der Waals surface area contributed by atoms with Gasteiger partial charge in [0, 0.05) is 51.5 Å². The van der Waals surface area contributed by atoms with Crippen LogP contribution in [0.1, 0.15) is 31.2 Å². The zero-order valence-electron chi connectivity index (χ0n) is 13.8. The highest BCUT2D eigenvalue weighted by atomic mass is 19.4. The number of likely N-dealkylation sites (tertiary alicyclic amines) is 1. The minimum Gasteiger partial charge on any atom is -0.343 e. The molecule has 0 unspecified atom stereocenters. The average Bonchev–Trinajstić information content (AvgIpc) is 2.58. The minimum atomic E-state index is -4.11. The average molecular weight is 344 g/mol. The third kappa shape index (κ3) is 6.07. The van der Waals surface area contributed by atoms with Gasteiger partial charge in [-0.05, 0) is 24.8 Å². The van der Waals surface area contributed by atoms with E-state index in [4.69, 9.17) is 0 Å². The summed E-state index contributed by atoms with van der Waals surface area (Å²) in [6.07, 6.45) is 2.37. The standard InChI is InChI=1S/C16H23F3N4O/c1-22(15(24)3-2-13-10-20-12-21-11-13)14-4-7-23(8-5-14)9-6-16(17,18)19/h10-12,14H,2-9H2,1H3. The van der Waals surface area contributed by atoms with Gasteiger partial charge in [0.1, 0.15) is 6.33 Å². The smallest absolute Gasteiger partial charge is 0.343 e. The van der Waals surface area contributed by atoms with Crippen molar-refractivity contribution in [3.05, 3.63) is 24.3 Å². The van der Waals surface area contributed by atoms with Gasteiger partial charge in [-0.3, -0.25) is 4.79 Å². The predicted molar refractivity (Wildman–Crippen MR) is 83.3 cm³/mol. The number of halogens is 3. The van der Waals surface area contributed by atoms with E-state index in [2.05, 4.69) is 9.97 Å². The second kappa shape index (κ2) is 8.41. The van der Waals surface area contributed by atoms with E-state index in [0.29, 0.717) is 38.8 Å². The fraction of sp³-hybridized carbons (Fsp3) is 0.688. The summed E-state index contributed by atoms with van der Waals surface area (Å²) in [6, 6.07) is 0.103. The fourth-order valence-electron chi connectivity index (χ4n) is 2.91. The van der Waals surface area contributed by atoms with Crippen LogP contribution in [0.15, 0.2) is 18.7 Å². The van der Waals surface area contributed by atoms with E-state index in [9.17, 15) is 18.0 Å². The molecule has 2 heterocycles. The van der Waals surface area contributed by atoms with Gasteiger partial charge in [0.25, 0.3) is 0 Å². The molecule has 5 nitrogen and oxygen atoms in total. The van der Waals surface area contributed by atoms with Crippen LogP contribution >= 0.6 is 0 Å². The predicted octanol–water partition coefficient (Wildman–Crippen LogP) is 2.28. The minimum absolute atomic E-state index is 0.0435. The number of nitrogens with zero attached hydrogens (tertiary/aromatic N) is 4. The number of aromatic nitrogens is 2. The first-order chi connectivity index (χ1) is 11.3. The zero-order chi connectivity index (χ0) is 17.6. The molecule has 0 N–H and O–H groups in total. The Morgan fingerprint density at radius 1 is 1.29 bits per heavy atom. The van der Waals surface area contributed by atoms with Crippen molar-refractivity contribution in [1.82, 2.24) is 19.8 Å². The summed E-state index contributed by atoms with van der Waals surface area (Å²) in [5, 5.41) is 0. The molecule has 1 aromatic rings. The van der Waals surface area contributed by atoms with Crippen molar-refractivity contribution in [1.29, 1.82) is 0 Å². The van der Waals surface area contributed by atoms with Gasteiger partial charge < -0.3 is 9.80 Å². The number of hydrogen-bond acceptors (Lipinski definition) is 4. The molecule has 0 aromatic carbocycles. The van der Waals surface area contributed by atoms with Crippen molar-refractivity contribution in [2.75, 3.05) is 26.7 Å². The molecule has 0 atom stereocenters. The summed E-state index contributed by atoms with van der Waals surface area (Å²) >= 11 is 0. The van der Waals surface area contributed by atoms with Crippen LogP contribution in [0, 0.1) is 0 Å². The Hall–Kier alpha value is -1.70. The van der Waals surface area contributed by atoms with Crippen LogP contribution < -0.4 is 0 Å². The third-order valence-electron chi connectivity index (χ3n) is 4.45. The summed E-state index contributed by atoms with van der Waals surface area (Å²) in [4.78, 5) is 23.7. The number of hydrogen-bond donors (Lipinski definition) is 0. The first-order valence-electron chi connectivity index (χ1n) is 8.14. The van der Waals surface area contributed by atoms with E-state index in [-0.39, 0.29) is 18.5 Å². The molecule has 1 aliphatic rings. The fourth-order valence-corrected chi connectivity index (χ4v) is 2.91. The second-order valence-electron chi connectivity index (χ2n) is 6.19. The molecule has 1 fully saturated rings. The van der Waals surface area contributed by atoms with Crippen LogP contribution in [0.3, 0.4) is 0 Å². The molecule has 2 rings (SSSR count). The van der Waals surface area contributed by atoms with Gasteiger partial charge in [-0.2, -0.15) is 13.2 Å². The monoisotopic (exact) mass is 344 g/mol. The summed E-state index contributed by atoms with van der Waals surface area (Å²) < 4.78 is 36.8. The topological polar surface area (TPSA) is 49.3 Å². The SMILES string of the molecule is CN(C(=O)CCc1cncnc1)C1CCN(CCC(F)(F)F)CC1. The van der Waals surface area contributed by atoms with Crippen LogP contribution in [0.5, 0.6) is 0 Å². The third-order valence-corrected chi connectivity index (χ3v) is 4.45. The molecule has 0 radical (unpaired) electrons. The number of amides is 1. The van der Waals surface area contributed by atoms with Gasteiger partial charge >= 0.3 is 6.18 Å². The molecular formula is C16H23F3N4O. The molecule has 1 aliphatic heterocycles. The lowest BCUT2D eigenvalue weighted by Gasteiger charge is -2.37. The van der Waals surface area contributed by atoms with E-state index >= 15 is 0 Å². The van der Waals surface area contributed by atoms with Gasteiger partial charge in [0.15, 0.2) is 0 Å². The van der Waals surface area contributed by atoms with Gasteiger partial charge in [-0.25, -0.2) is 9.97 Å². The van der Waals surface area contributed by atoms with Crippen LogP contribution in [0.2, 0.25) is 0 Å². The maximum atomic E-state index is 12.3. The van der Waals surface area contributed by atoms with Crippen molar-refractivity contribution in [2.45, 2.75) is 44.3 Å². The molecule has 0 bridgehead atoms. The Bertz CT molecular complexity index is 516. The Kier molecular flexibility index (Phi) is 6.53. The van der Waals surface area contributed by atoms with Crippen molar-refractivity contribution in [3.8, 4) is 0 Å². The van der Waals surface area contributed by atoms with E-state index in [0.717, 1.165) is 5.56 Å². The second-order valence-corrected chi connectivity index (χ2v) is 6.19. The molecule has 8 heteroatoms. The van der Waals surface area contributed by atoms with Crippen LogP contribution in [-0.4, -0.2) is 64.6 Å². The lowest BCUT2D eigenvalue weighted by atomic mass is 10.0. The summed E-state index contributed by atoms with van der Waals surface area (Å²) in [6.45, 7) is 1.25. The molecule has 0 saturated carbocycles. The quantitative estimate of drug-likeness (QED) is 0.794. The summed E-state index contributed by atoms with van der Waals surface area (Å²) in [5.74, 6) is 0.0487. The number of aryl methyl sites for hydroxylation is 1. The number of alkyl halides is 3. The number of rotatable bonds is 6. The lowest BCUT2D eigenvalue weighted by Crippen LogP contribution is -2.46. The Morgan fingerprint density at radius 2 is 1.92 bits per heavy atom. The molecule has 1 saturated heterocycles. The number of carbonyl (C=O) groups is 1. The van der Waals surface area contributed by atoms with Gasteiger partial charge in [-0.1, -0.05) is 0 Å². The normalized spacial score (nSPS) is 17.0. The molecule has 24 heavy (non-hydrogen) atoms. The first kappa shape index (κ1) is 18.6. The van der Waals surface area contributed by atoms with Gasteiger partial charge in [-0.15, -0.1) is 0 Å². The number of piperidine rings is 1. The largest absolute Gasteiger partial charge is 0.390 e. The molecular weight excluding hydrogens is 321 g/mol. The van der Waals surface area contributed by atoms with Crippen molar-refractivity contribution < 1.29 is 18.0 Å². The first-order valence-corrected chi connectivity index (χ1v) is 8.14. The van der Waals surface area contributed by atoms with E-state index in [1.165, 1.54) is 6.33 Å². The summed E-state index contributed by atoms with van der Waals surface area (Å²) in [7, 11) is 1.78. The Labute approximate surface area is 139 Å². The van der Waals surface area contributed by atoms with E-state index in [1.54, 1.807) is 24.3 Å². The maximum absolute atomic E-state index is 12.3. The Balaban J connectivity index is 1.71. The highest BCUT2D eigenvalue weighted by Gasteiger charge is 2.30. The van der Waals surface area contributed by atoms with E-state index in [1.807, 2.05) is 4.90 Å². The van der Waals surface area contributed by atoms with E-state index < -0.39 is 12.6 Å². The van der Waals surface area contributed by atoms with Crippen LogP contribution in [-0.2, 0) is 11.2 Å². The summed E-state index contributed by atoms with van der Waals surface area (Å²) in [5.41, 5.74) is 0.918.